The summed E-state index contributed by atoms with van der Waals surface area (Å²) >= 11 is 1.33. The monoisotopic (exact) mass is 376 g/mol. The van der Waals surface area contributed by atoms with Crippen LogP contribution in [0.25, 0.3) is 10.6 Å². The van der Waals surface area contributed by atoms with Crippen LogP contribution in [-0.4, -0.2) is 38.2 Å². The van der Waals surface area contributed by atoms with Crippen molar-refractivity contribution in [3.8, 4) is 10.6 Å². The Labute approximate surface area is 156 Å². The van der Waals surface area contributed by atoms with E-state index in [1.165, 1.54) is 16.2 Å². The Kier molecular flexibility index (Phi) is 5.91. The molecule has 2 aromatic rings. The summed E-state index contributed by atoms with van der Waals surface area (Å²) in [7, 11) is 0. The van der Waals surface area contributed by atoms with Gasteiger partial charge >= 0.3 is 6.09 Å². The van der Waals surface area contributed by atoms with Gasteiger partial charge in [0.25, 0.3) is 0 Å². The third-order valence-corrected chi connectivity index (χ3v) is 4.09. The van der Waals surface area contributed by atoms with Crippen molar-refractivity contribution in [2.24, 2.45) is 0 Å². The van der Waals surface area contributed by atoms with Gasteiger partial charge in [0, 0.05) is 0 Å². The van der Waals surface area contributed by atoms with Gasteiger partial charge in [-0.1, -0.05) is 13.8 Å². The van der Waals surface area contributed by atoms with Crippen molar-refractivity contribution in [3.05, 3.63) is 29.4 Å². The number of nitrogens with zero attached hydrogens (tertiary/aromatic N) is 3. The molecule has 140 valence electrons. The Bertz CT molecular complexity index is 863. The molecule has 3 N–H and O–H groups in total. The second-order valence-electron chi connectivity index (χ2n) is 7.09. The average molecular weight is 376 g/mol. The second kappa shape index (κ2) is 7.77. The number of amides is 1. The van der Waals surface area contributed by atoms with Gasteiger partial charge in [-0.05, 0) is 56.4 Å². The van der Waals surface area contributed by atoms with Gasteiger partial charge in [-0.15, -0.1) is 0 Å². The lowest BCUT2D eigenvalue weighted by Gasteiger charge is -2.19. The van der Waals surface area contributed by atoms with Crippen molar-refractivity contribution < 1.29 is 9.53 Å². The number of alkyl carbamates (subject to hydrolysis) is 1. The molecule has 2 heterocycles. The van der Waals surface area contributed by atoms with E-state index in [1.807, 2.05) is 6.07 Å². The standard InChI is InChI=1S/C17H24N6O2S/c1-10(2)12-8-13(26-22-12)11-6-7-14(18)23(21-11)15(19)9-20-16(24)25-17(3,4)5/h6-8,10,18-19H,9H2,1-5H3,(H,20,24). The molecular formula is C17H24N6O2S. The lowest BCUT2D eigenvalue weighted by Crippen LogP contribution is -2.40. The van der Waals surface area contributed by atoms with Crippen LogP contribution in [-0.2, 0) is 4.74 Å². The fourth-order valence-electron chi connectivity index (χ4n) is 1.99. The first kappa shape index (κ1) is 19.8. The molecule has 0 aliphatic heterocycles. The van der Waals surface area contributed by atoms with Gasteiger partial charge in [-0.25, -0.2) is 4.79 Å². The van der Waals surface area contributed by atoms with Crippen molar-refractivity contribution in [3.63, 3.8) is 0 Å². The zero-order valence-electron chi connectivity index (χ0n) is 15.6. The van der Waals surface area contributed by atoms with Crippen LogP contribution in [0.15, 0.2) is 18.2 Å². The molecule has 8 nitrogen and oxygen atoms in total. The SMILES string of the molecule is CC(C)c1cc(-c2ccc(=N)n(C(=N)CNC(=O)OC(C)(C)C)n2)sn1. The Hall–Kier alpha value is -2.55. The molecule has 9 heteroatoms. The largest absolute Gasteiger partial charge is 0.444 e. The zero-order valence-corrected chi connectivity index (χ0v) is 16.4. The highest BCUT2D eigenvalue weighted by atomic mass is 32.1. The highest BCUT2D eigenvalue weighted by Crippen LogP contribution is 2.25. The Morgan fingerprint density at radius 2 is 2.08 bits per heavy atom. The average Bonchev–Trinajstić information content (AvgIpc) is 3.01. The van der Waals surface area contributed by atoms with Gasteiger partial charge < -0.3 is 10.1 Å². The van der Waals surface area contributed by atoms with Crippen molar-refractivity contribution in [2.45, 2.75) is 46.1 Å². The van der Waals surface area contributed by atoms with Gasteiger partial charge in [0.2, 0.25) is 0 Å². The molecule has 0 fully saturated rings. The van der Waals surface area contributed by atoms with Crippen LogP contribution in [0.4, 0.5) is 4.79 Å². The van der Waals surface area contributed by atoms with Crippen LogP contribution in [0.3, 0.4) is 0 Å². The minimum atomic E-state index is -0.616. The van der Waals surface area contributed by atoms with E-state index in [4.69, 9.17) is 15.6 Å². The number of carbonyl (C=O) groups is 1. The lowest BCUT2D eigenvalue weighted by atomic mass is 10.1. The van der Waals surface area contributed by atoms with Gasteiger partial charge in [0.1, 0.15) is 22.6 Å². The molecule has 0 unspecified atom stereocenters. The zero-order chi connectivity index (χ0) is 19.5. The molecule has 0 radical (unpaired) electrons. The normalized spacial score (nSPS) is 11.5. The van der Waals surface area contributed by atoms with E-state index in [0.29, 0.717) is 11.6 Å². The minimum Gasteiger partial charge on any atom is -0.444 e. The summed E-state index contributed by atoms with van der Waals surface area (Å²) in [5, 5.41) is 22.9. The first-order valence-electron chi connectivity index (χ1n) is 8.23. The second-order valence-corrected chi connectivity index (χ2v) is 7.89. The molecule has 0 atom stereocenters. The number of nitrogens with one attached hydrogen (secondary N) is 3. The molecule has 0 aliphatic rings. The fraction of sp³-hybridized carbons (Fsp3) is 0.471. The van der Waals surface area contributed by atoms with E-state index < -0.39 is 11.7 Å². The van der Waals surface area contributed by atoms with Crippen LogP contribution in [0, 0.1) is 10.8 Å². The van der Waals surface area contributed by atoms with Gasteiger partial charge in [-0.2, -0.15) is 14.2 Å². The van der Waals surface area contributed by atoms with E-state index in [-0.39, 0.29) is 17.9 Å². The minimum absolute atomic E-state index is 0.0312. The number of hydrogen-bond donors (Lipinski definition) is 3. The van der Waals surface area contributed by atoms with Crippen molar-refractivity contribution in [2.75, 3.05) is 6.54 Å². The summed E-state index contributed by atoms with van der Waals surface area (Å²) in [6, 6.07) is 5.26. The predicted octanol–water partition coefficient (Wildman–Crippen LogP) is 2.96. The van der Waals surface area contributed by atoms with Crippen molar-refractivity contribution >= 4 is 23.5 Å². The highest BCUT2D eigenvalue weighted by Gasteiger charge is 2.17. The lowest BCUT2D eigenvalue weighted by molar-refractivity contribution is 0.0535. The smallest absolute Gasteiger partial charge is 0.408 e. The first-order valence-corrected chi connectivity index (χ1v) is 9.01. The maximum Gasteiger partial charge on any atom is 0.408 e. The molecule has 26 heavy (non-hydrogen) atoms. The maximum absolute atomic E-state index is 11.7. The summed E-state index contributed by atoms with van der Waals surface area (Å²) in [6.45, 7) is 9.33. The van der Waals surface area contributed by atoms with Crippen LogP contribution in [0.1, 0.15) is 46.2 Å². The molecule has 0 aromatic carbocycles. The van der Waals surface area contributed by atoms with E-state index in [9.17, 15) is 4.79 Å². The molecular weight excluding hydrogens is 352 g/mol. The highest BCUT2D eigenvalue weighted by molar-refractivity contribution is 7.09. The number of ether oxygens (including phenoxy) is 1. The predicted molar refractivity (Wildman–Crippen MR) is 101 cm³/mol. The number of aromatic nitrogens is 3. The van der Waals surface area contributed by atoms with Crippen LogP contribution in [0.2, 0.25) is 0 Å². The summed E-state index contributed by atoms with van der Waals surface area (Å²) in [6.07, 6.45) is -0.616. The molecule has 0 bridgehead atoms. The summed E-state index contributed by atoms with van der Waals surface area (Å²) in [5.74, 6) is 0.287. The summed E-state index contributed by atoms with van der Waals surface area (Å²) in [4.78, 5) is 12.6. The third-order valence-electron chi connectivity index (χ3n) is 3.26. The van der Waals surface area contributed by atoms with Gasteiger partial charge in [0.15, 0.2) is 0 Å². The number of carbonyl (C=O) groups excluding carboxylic acids is 1. The Morgan fingerprint density at radius 3 is 2.65 bits per heavy atom. The van der Waals surface area contributed by atoms with E-state index >= 15 is 0 Å². The first-order chi connectivity index (χ1) is 12.1. The number of rotatable bonds is 4. The molecule has 0 aliphatic carbocycles. The number of hydrogen-bond acceptors (Lipinski definition) is 7. The molecule has 2 aromatic heterocycles. The van der Waals surface area contributed by atoms with E-state index in [2.05, 4.69) is 28.6 Å². The Morgan fingerprint density at radius 1 is 1.38 bits per heavy atom. The van der Waals surface area contributed by atoms with Crippen LogP contribution in [0.5, 0.6) is 0 Å². The quantitative estimate of drug-likeness (QED) is 0.562. The maximum atomic E-state index is 11.7. The van der Waals surface area contributed by atoms with Crippen LogP contribution < -0.4 is 10.8 Å². The topological polar surface area (TPSA) is 117 Å². The molecule has 1 amide bonds. The molecule has 0 saturated carbocycles. The van der Waals surface area contributed by atoms with Gasteiger partial charge in [0.05, 0.1) is 17.1 Å². The van der Waals surface area contributed by atoms with E-state index in [1.54, 1.807) is 32.9 Å². The summed E-state index contributed by atoms with van der Waals surface area (Å²) < 4.78 is 10.7. The molecule has 0 spiro atoms. The molecule has 2 rings (SSSR count). The third kappa shape index (κ3) is 5.22. The van der Waals surface area contributed by atoms with Crippen LogP contribution >= 0.6 is 11.5 Å². The molecule has 0 saturated heterocycles. The van der Waals surface area contributed by atoms with Crippen molar-refractivity contribution in [1.29, 1.82) is 10.8 Å². The Balaban J connectivity index is 2.14. The summed E-state index contributed by atoms with van der Waals surface area (Å²) in [5.41, 5.74) is 1.05. The van der Waals surface area contributed by atoms with Crippen molar-refractivity contribution in [1.82, 2.24) is 19.5 Å². The fourth-order valence-corrected chi connectivity index (χ4v) is 2.83. The van der Waals surface area contributed by atoms with E-state index in [0.717, 1.165) is 10.6 Å². The van der Waals surface area contributed by atoms with Gasteiger partial charge in [-0.3, -0.25) is 10.8 Å².